The molecule has 0 aliphatic carbocycles. The van der Waals surface area contributed by atoms with Crippen LogP contribution in [0.5, 0.6) is 0 Å². The molecule has 0 atom stereocenters. The molecule has 0 saturated carbocycles. The molecule has 0 N–H and O–H groups in total. The number of benzene rings is 2. The van der Waals surface area contributed by atoms with Crippen LogP contribution < -0.4 is 51.4 Å². The number of rotatable bonds is 3. The zero-order valence-electron chi connectivity index (χ0n) is 10.6. The maximum absolute atomic E-state index is 12.2. The van der Waals surface area contributed by atoms with E-state index in [0.29, 0.717) is 0 Å². The van der Waals surface area contributed by atoms with Gasteiger partial charge in [-0.1, -0.05) is 24.3 Å². The molecule has 2 rings (SSSR count). The summed E-state index contributed by atoms with van der Waals surface area (Å²) in [6, 6.07) is 12.0. The van der Waals surface area contributed by atoms with Gasteiger partial charge in [0.1, 0.15) is 10.1 Å². The molecule has 0 aliphatic heterocycles. The molecule has 2 aromatic carbocycles. The number of hydrogen-bond donors (Lipinski definition) is 0. The summed E-state index contributed by atoms with van der Waals surface area (Å²) in [4.78, 5) is -0.754. The molecule has 0 aliphatic rings. The standard InChI is InChI=1S/C12H10O5S2.K/c13-18(14,10-5-2-1-3-6-10)11-7-4-8-12(9-11)19(15,16)17;/h1-9H,(H,15,16,17);/q;+1/p-1. The monoisotopic (exact) mass is 336 g/mol. The summed E-state index contributed by atoms with van der Waals surface area (Å²) < 4.78 is 57.1. The summed E-state index contributed by atoms with van der Waals surface area (Å²) in [5.74, 6) is 0. The fraction of sp³-hybridized carbons (Fsp3) is 0. The molecule has 0 unspecified atom stereocenters. The second kappa shape index (κ2) is 6.80. The summed E-state index contributed by atoms with van der Waals surface area (Å²) in [5.41, 5.74) is 0. The van der Waals surface area contributed by atoms with Crippen LogP contribution in [0.25, 0.3) is 0 Å². The molecule has 0 radical (unpaired) electrons. The van der Waals surface area contributed by atoms with Crippen LogP contribution >= 0.6 is 0 Å². The van der Waals surface area contributed by atoms with Gasteiger partial charge in [0, 0.05) is 0 Å². The Kier molecular flexibility index (Phi) is 6.11. The Labute approximate surface area is 160 Å². The van der Waals surface area contributed by atoms with Crippen molar-refractivity contribution in [2.24, 2.45) is 0 Å². The summed E-state index contributed by atoms with van der Waals surface area (Å²) >= 11 is 0. The van der Waals surface area contributed by atoms with Crippen molar-refractivity contribution in [3.8, 4) is 0 Å². The van der Waals surface area contributed by atoms with Crippen LogP contribution in [-0.4, -0.2) is 21.4 Å². The first kappa shape index (κ1) is 18.0. The minimum absolute atomic E-state index is 0. The molecule has 5 nitrogen and oxygen atoms in total. The van der Waals surface area contributed by atoms with Crippen LogP contribution in [-0.2, 0) is 20.0 Å². The van der Waals surface area contributed by atoms with E-state index in [4.69, 9.17) is 0 Å². The van der Waals surface area contributed by atoms with E-state index in [1.165, 1.54) is 24.3 Å². The van der Waals surface area contributed by atoms with Gasteiger partial charge in [-0.15, -0.1) is 0 Å². The van der Waals surface area contributed by atoms with Crippen molar-refractivity contribution < 1.29 is 72.8 Å². The minimum Gasteiger partial charge on any atom is -0.744 e. The molecule has 0 heterocycles. The van der Waals surface area contributed by atoms with E-state index in [1.807, 2.05) is 0 Å². The predicted molar refractivity (Wildman–Crippen MR) is 66.3 cm³/mol. The van der Waals surface area contributed by atoms with Crippen LogP contribution in [0, 0.1) is 0 Å². The molecular weight excluding hydrogens is 327 g/mol. The Morgan fingerprint density at radius 1 is 0.700 bits per heavy atom. The number of sulfone groups is 1. The van der Waals surface area contributed by atoms with Crippen molar-refractivity contribution in [2.45, 2.75) is 14.7 Å². The van der Waals surface area contributed by atoms with Gasteiger partial charge in [-0.2, -0.15) is 0 Å². The van der Waals surface area contributed by atoms with E-state index in [2.05, 4.69) is 0 Å². The number of hydrogen-bond acceptors (Lipinski definition) is 5. The summed E-state index contributed by atoms with van der Waals surface area (Å²) in [7, 11) is -8.51. The van der Waals surface area contributed by atoms with Crippen LogP contribution in [0.4, 0.5) is 0 Å². The maximum Gasteiger partial charge on any atom is 1.00 e. The molecular formula is C12H9KO5S2. The smallest absolute Gasteiger partial charge is 0.744 e. The van der Waals surface area contributed by atoms with Crippen molar-refractivity contribution in [3.05, 3.63) is 54.6 Å². The second-order valence-electron chi connectivity index (χ2n) is 3.75. The van der Waals surface area contributed by atoms with Gasteiger partial charge in [-0.3, -0.25) is 0 Å². The molecule has 0 saturated heterocycles. The molecule has 0 fully saturated rings. The first-order chi connectivity index (χ1) is 8.82. The van der Waals surface area contributed by atoms with E-state index in [-0.39, 0.29) is 61.2 Å². The Hall–Kier alpha value is -0.0636. The summed E-state index contributed by atoms with van der Waals surface area (Å²) in [5, 5.41) is 0. The zero-order valence-corrected chi connectivity index (χ0v) is 15.3. The van der Waals surface area contributed by atoms with Gasteiger partial charge in [0.15, 0.2) is 0 Å². The molecule has 20 heavy (non-hydrogen) atoms. The minimum atomic E-state index is -4.68. The Morgan fingerprint density at radius 2 is 1.20 bits per heavy atom. The van der Waals surface area contributed by atoms with E-state index < -0.39 is 24.9 Å². The normalized spacial score (nSPS) is 11.7. The van der Waals surface area contributed by atoms with E-state index in [1.54, 1.807) is 18.2 Å². The van der Waals surface area contributed by atoms with E-state index >= 15 is 0 Å². The third-order valence-electron chi connectivity index (χ3n) is 2.46. The fourth-order valence-electron chi connectivity index (χ4n) is 1.53. The average molecular weight is 336 g/mol. The van der Waals surface area contributed by atoms with Gasteiger partial charge < -0.3 is 4.55 Å². The third kappa shape index (κ3) is 3.98. The van der Waals surface area contributed by atoms with Crippen LogP contribution in [0.1, 0.15) is 0 Å². The fourth-order valence-corrected chi connectivity index (χ4v) is 3.45. The van der Waals surface area contributed by atoms with Crippen molar-refractivity contribution in [2.75, 3.05) is 0 Å². The topological polar surface area (TPSA) is 91.3 Å². The molecule has 0 bridgehead atoms. The zero-order chi connectivity index (χ0) is 14.1. The first-order valence-electron chi connectivity index (χ1n) is 5.18. The van der Waals surface area contributed by atoms with Gasteiger partial charge in [-0.25, -0.2) is 16.8 Å². The predicted octanol–water partition coefficient (Wildman–Crippen LogP) is -1.57. The SMILES string of the molecule is O=S(=O)([O-])c1cccc(S(=O)(=O)c2ccccc2)c1.[K+]. The molecule has 2 aromatic rings. The van der Waals surface area contributed by atoms with Crippen LogP contribution in [0.15, 0.2) is 69.3 Å². The Balaban J connectivity index is 0.00000200. The van der Waals surface area contributed by atoms with Crippen molar-refractivity contribution >= 4 is 20.0 Å². The van der Waals surface area contributed by atoms with Crippen molar-refractivity contribution in [1.82, 2.24) is 0 Å². The quantitative estimate of drug-likeness (QED) is 0.499. The second-order valence-corrected chi connectivity index (χ2v) is 7.07. The summed E-state index contributed by atoms with van der Waals surface area (Å²) in [6.07, 6.45) is 0. The van der Waals surface area contributed by atoms with Crippen LogP contribution in [0.3, 0.4) is 0 Å². The Bertz CT molecular complexity index is 799. The first-order valence-corrected chi connectivity index (χ1v) is 8.07. The molecule has 8 heteroatoms. The van der Waals surface area contributed by atoms with Crippen molar-refractivity contribution in [1.29, 1.82) is 0 Å². The third-order valence-corrected chi connectivity index (χ3v) is 5.06. The van der Waals surface area contributed by atoms with Crippen molar-refractivity contribution in [3.63, 3.8) is 0 Å². The van der Waals surface area contributed by atoms with Gasteiger partial charge in [0.25, 0.3) is 0 Å². The molecule has 0 spiro atoms. The largest absolute Gasteiger partial charge is 1.00 e. The molecule has 0 aromatic heterocycles. The summed E-state index contributed by atoms with van der Waals surface area (Å²) in [6.45, 7) is 0. The molecule has 100 valence electrons. The van der Waals surface area contributed by atoms with E-state index in [9.17, 15) is 21.4 Å². The Morgan fingerprint density at radius 3 is 1.75 bits per heavy atom. The maximum atomic E-state index is 12.2. The molecule has 0 amide bonds. The van der Waals surface area contributed by atoms with Gasteiger partial charge >= 0.3 is 51.4 Å². The average Bonchev–Trinajstić information content (AvgIpc) is 2.39. The van der Waals surface area contributed by atoms with E-state index in [0.717, 1.165) is 12.1 Å². The van der Waals surface area contributed by atoms with Gasteiger partial charge in [0.05, 0.1) is 14.7 Å². The van der Waals surface area contributed by atoms with Crippen LogP contribution in [0.2, 0.25) is 0 Å². The van der Waals surface area contributed by atoms with Gasteiger partial charge in [-0.05, 0) is 30.3 Å². The van der Waals surface area contributed by atoms with Gasteiger partial charge in [0.2, 0.25) is 9.84 Å².